The number of carbonyl (C=O) groups is 2. The number of hydrogen-bond acceptors (Lipinski definition) is 5. The van der Waals surface area contributed by atoms with Crippen LogP contribution in [0.4, 0.5) is 0 Å². The highest BCUT2D eigenvalue weighted by atomic mass is 16.5. The molecule has 2 aromatic rings. The van der Waals surface area contributed by atoms with Crippen LogP contribution >= 0.6 is 0 Å². The minimum absolute atomic E-state index is 0.0239. The zero-order valence-electron chi connectivity index (χ0n) is 20.5. The molecule has 0 saturated carbocycles. The lowest BCUT2D eigenvalue weighted by Crippen LogP contribution is -3.14. The van der Waals surface area contributed by atoms with Crippen LogP contribution in [0.3, 0.4) is 0 Å². The molecule has 1 atom stereocenters. The minimum Gasteiger partial charge on any atom is -0.872 e. The quantitative estimate of drug-likeness (QED) is 0.333. The molecule has 4 rings (SSSR count). The molecule has 7 nitrogen and oxygen atoms in total. The molecule has 0 spiro atoms. The van der Waals surface area contributed by atoms with Crippen molar-refractivity contribution in [1.29, 1.82) is 0 Å². The van der Waals surface area contributed by atoms with Crippen LogP contribution in [-0.2, 0) is 14.3 Å². The van der Waals surface area contributed by atoms with Gasteiger partial charge in [-0.2, -0.15) is 0 Å². The number of carbonyl (C=O) groups excluding carboxylic acids is 2. The Hall–Kier alpha value is -3.16. The molecule has 2 heterocycles. The molecule has 0 aromatic heterocycles. The van der Waals surface area contributed by atoms with Crippen molar-refractivity contribution < 1.29 is 29.1 Å². The summed E-state index contributed by atoms with van der Waals surface area (Å²) in [6.07, 6.45) is 0.751. The van der Waals surface area contributed by atoms with Gasteiger partial charge >= 0.3 is 0 Å². The van der Waals surface area contributed by atoms with Gasteiger partial charge in [0.15, 0.2) is 0 Å². The lowest BCUT2D eigenvalue weighted by molar-refractivity contribution is -0.908. The lowest BCUT2D eigenvalue weighted by Gasteiger charge is -2.29. The number of quaternary nitrogens is 1. The highest BCUT2D eigenvalue weighted by molar-refractivity contribution is 6.46. The van der Waals surface area contributed by atoms with Crippen molar-refractivity contribution >= 4 is 17.4 Å². The van der Waals surface area contributed by atoms with E-state index in [1.807, 2.05) is 30.3 Å². The number of nitrogens with zero attached hydrogens (tertiary/aromatic N) is 1. The van der Waals surface area contributed by atoms with Crippen molar-refractivity contribution in [3.63, 3.8) is 0 Å². The third-order valence-corrected chi connectivity index (χ3v) is 6.47. The van der Waals surface area contributed by atoms with Crippen LogP contribution in [0.1, 0.15) is 37.4 Å². The maximum absolute atomic E-state index is 13.5. The molecule has 1 unspecified atom stereocenters. The maximum atomic E-state index is 13.5. The fraction of sp³-hybridized carbons (Fsp3) is 0.429. The van der Waals surface area contributed by atoms with Crippen molar-refractivity contribution in [2.75, 3.05) is 46.0 Å². The van der Waals surface area contributed by atoms with Gasteiger partial charge in [0, 0.05) is 18.5 Å². The Morgan fingerprint density at radius 3 is 2.43 bits per heavy atom. The lowest BCUT2D eigenvalue weighted by atomic mass is 9.95. The first-order chi connectivity index (χ1) is 17.0. The molecule has 0 bridgehead atoms. The summed E-state index contributed by atoms with van der Waals surface area (Å²) in [5.41, 5.74) is 1.17. The Labute approximate surface area is 206 Å². The summed E-state index contributed by atoms with van der Waals surface area (Å²) in [5, 5.41) is 13.5. The Bertz CT molecular complexity index is 1040. The molecule has 1 N–H and O–H groups in total. The standard InChI is InChI=1S/C28H34N2O5/c1-20(2)19-35-23-11-9-22(10-12-23)26(31)24-25(21-7-4-3-5-8-21)30(28(33)27(24)32)14-6-13-29-15-17-34-18-16-29/h3-5,7-12,20,25,31H,6,13-19H2,1-2H3/b26-24+. The van der Waals surface area contributed by atoms with E-state index in [1.165, 1.54) is 4.90 Å². The van der Waals surface area contributed by atoms with E-state index in [1.54, 1.807) is 29.2 Å². The number of morpholine rings is 1. The van der Waals surface area contributed by atoms with Gasteiger partial charge in [-0.15, -0.1) is 0 Å². The average Bonchev–Trinajstić information content (AvgIpc) is 3.13. The third kappa shape index (κ3) is 5.92. The van der Waals surface area contributed by atoms with E-state index in [-0.39, 0.29) is 5.57 Å². The molecular formula is C28H34N2O5. The van der Waals surface area contributed by atoms with E-state index in [2.05, 4.69) is 13.8 Å². The highest BCUT2D eigenvalue weighted by Gasteiger charge is 2.43. The molecule has 7 heteroatoms. The Morgan fingerprint density at radius 2 is 1.77 bits per heavy atom. The van der Waals surface area contributed by atoms with Crippen molar-refractivity contribution in [2.24, 2.45) is 5.92 Å². The number of Topliss-reactive ketones (excluding diaryl/α,β-unsaturated/α-hetero) is 1. The summed E-state index contributed by atoms with van der Waals surface area (Å²) in [6, 6.07) is 15.5. The van der Waals surface area contributed by atoms with Gasteiger partial charge in [-0.3, -0.25) is 9.59 Å². The van der Waals surface area contributed by atoms with Crippen LogP contribution < -0.4 is 14.7 Å². The largest absolute Gasteiger partial charge is 0.872 e. The van der Waals surface area contributed by atoms with E-state index >= 15 is 0 Å². The van der Waals surface area contributed by atoms with Gasteiger partial charge in [-0.25, -0.2) is 0 Å². The second-order valence-corrected chi connectivity index (χ2v) is 9.58. The van der Waals surface area contributed by atoms with Crippen LogP contribution in [0.15, 0.2) is 60.2 Å². The van der Waals surface area contributed by atoms with Crippen LogP contribution in [0.25, 0.3) is 5.76 Å². The number of ether oxygens (including phenoxy) is 2. The van der Waals surface area contributed by atoms with Gasteiger partial charge in [0.05, 0.1) is 32.4 Å². The highest BCUT2D eigenvalue weighted by Crippen LogP contribution is 2.38. The van der Waals surface area contributed by atoms with Crippen LogP contribution in [-0.4, -0.2) is 62.6 Å². The maximum Gasteiger partial charge on any atom is 0.295 e. The van der Waals surface area contributed by atoms with E-state index < -0.39 is 23.5 Å². The number of benzene rings is 2. The summed E-state index contributed by atoms with van der Waals surface area (Å²) < 4.78 is 11.1. The molecule has 2 fully saturated rings. The summed E-state index contributed by atoms with van der Waals surface area (Å²) in [5.74, 6) is -0.662. The first-order valence-corrected chi connectivity index (χ1v) is 12.4. The topological polar surface area (TPSA) is 83.3 Å². The number of nitrogens with one attached hydrogen (secondary N) is 1. The fourth-order valence-corrected chi connectivity index (χ4v) is 4.61. The van der Waals surface area contributed by atoms with E-state index in [0.29, 0.717) is 30.4 Å². The molecule has 1 amide bonds. The normalized spacial score (nSPS) is 20.5. The molecule has 0 aliphatic carbocycles. The van der Waals surface area contributed by atoms with Crippen molar-refractivity contribution in [1.82, 2.24) is 4.90 Å². The first kappa shape index (κ1) is 24.9. The predicted molar refractivity (Wildman–Crippen MR) is 131 cm³/mol. The summed E-state index contributed by atoms with van der Waals surface area (Å²) in [7, 11) is 0. The Kier molecular flexibility index (Phi) is 8.21. The SMILES string of the molecule is CC(C)COc1ccc(/C([O-])=C2\C(=O)C(=O)N(CCC[NH+]3CCOCC3)C2c2ccccc2)cc1. The average molecular weight is 479 g/mol. The van der Waals surface area contributed by atoms with E-state index in [9.17, 15) is 14.7 Å². The Morgan fingerprint density at radius 1 is 1.09 bits per heavy atom. The molecule has 35 heavy (non-hydrogen) atoms. The molecule has 186 valence electrons. The fourth-order valence-electron chi connectivity index (χ4n) is 4.61. The summed E-state index contributed by atoms with van der Waals surface area (Å²) in [4.78, 5) is 29.2. The smallest absolute Gasteiger partial charge is 0.295 e. The molecule has 2 saturated heterocycles. The molecule has 2 aliphatic rings. The van der Waals surface area contributed by atoms with Crippen molar-refractivity contribution in [3.05, 3.63) is 71.3 Å². The second kappa shape index (κ2) is 11.5. The third-order valence-electron chi connectivity index (χ3n) is 6.47. The predicted octanol–water partition coefficient (Wildman–Crippen LogP) is 1.25. The number of likely N-dealkylation sites (tertiary alicyclic amines) is 1. The van der Waals surface area contributed by atoms with E-state index in [0.717, 1.165) is 44.8 Å². The van der Waals surface area contributed by atoms with Crippen molar-refractivity contribution in [3.8, 4) is 5.75 Å². The van der Waals surface area contributed by atoms with Gasteiger partial charge in [0.25, 0.3) is 5.91 Å². The van der Waals surface area contributed by atoms with Gasteiger partial charge in [-0.05, 0) is 29.2 Å². The van der Waals surface area contributed by atoms with Crippen LogP contribution in [0, 0.1) is 5.92 Å². The van der Waals surface area contributed by atoms with Gasteiger partial charge in [0.1, 0.15) is 18.8 Å². The number of hydrogen-bond donors (Lipinski definition) is 1. The number of amides is 1. The van der Waals surface area contributed by atoms with Crippen molar-refractivity contribution in [2.45, 2.75) is 26.3 Å². The monoisotopic (exact) mass is 478 g/mol. The summed E-state index contributed by atoms with van der Waals surface area (Å²) in [6.45, 7) is 9.41. The Balaban J connectivity index is 1.59. The molecule has 0 radical (unpaired) electrons. The number of rotatable bonds is 9. The van der Waals surface area contributed by atoms with Gasteiger partial charge in [0.2, 0.25) is 5.78 Å². The minimum atomic E-state index is -0.706. The van der Waals surface area contributed by atoms with Crippen LogP contribution in [0.2, 0.25) is 0 Å². The second-order valence-electron chi connectivity index (χ2n) is 9.58. The zero-order chi connectivity index (χ0) is 24.8. The molecule has 2 aromatic carbocycles. The van der Waals surface area contributed by atoms with E-state index in [4.69, 9.17) is 9.47 Å². The number of ketones is 1. The zero-order valence-corrected chi connectivity index (χ0v) is 20.5. The van der Waals surface area contributed by atoms with Crippen LogP contribution in [0.5, 0.6) is 5.75 Å². The molecule has 2 aliphatic heterocycles. The van der Waals surface area contributed by atoms with Gasteiger partial charge < -0.3 is 24.4 Å². The van der Waals surface area contributed by atoms with Gasteiger partial charge in [-0.1, -0.05) is 62.1 Å². The molecular weight excluding hydrogens is 444 g/mol. The first-order valence-electron chi connectivity index (χ1n) is 12.4. The summed E-state index contributed by atoms with van der Waals surface area (Å²) >= 11 is 0.